The van der Waals surface area contributed by atoms with E-state index in [0.717, 1.165) is 30.5 Å². The lowest BCUT2D eigenvalue weighted by Gasteiger charge is -2.28. The van der Waals surface area contributed by atoms with Crippen molar-refractivity contribution in [2.24, 2.45) is 0 Å². The van der Waals surface area contributed by atoms with Crippen LogP contribution in [0.15, 0.2) is 53.4 Å². The maximum atomic E-state index is 13.2. The molecule has 0 bridgehead atoms. The summed E-state index contributed by atoms with van der Waals surface area (Å²) in [5.41, 5.74) is 2.16. The minimum absolute atomic E-state index is 0.152. The Hall–Kier alpha value is -1.99. The summed E-state index contributed by atoms with van der Waals surface area (Å²) in [6.07, 6.45) is 7.06. The van der Waals surface area contributed by atoms with Crippen LogP contribution < -0.4 is 9.62 Å². The van der Waals surface area contributed by atoms with Gasteiger partial charge in [0, 0.05) is 23.4 Å². The third kappa shape index (κ3) is 4.16. The molecule has 0 saturated heterocycles. The molecule has 0 aromatic heterocycles. The van der Waals surface area contributed by atoms with Gasteiger partial charge in [0.05, 0.1) is 10.6 Å². The Bertz CT molecular complexity index is 1010. The van der Waals surface area contributed by atoms with Crippen molar-refractivity contribution in [3.63, 3.8) is 0 Å². The van der Waals surface area contributed by atoms with Crippen LogP contribution in [0.1, 0.15) is 41.6 Å². The predicted molar refractivity (Wildman–Crippen MR) is 118 cm³/mol. The number of para-hydroxylation sites is 1. The second-order valence-electron chi connectivity index (χ2n) is 7.68. The van der Waals surface area contributed by atoms with E-state index in [1.165, 1.54) is 16.8 Å². The summed E-state index contributed by atoms with van der Waals surface area (Å²) in [5, 5.41) is 3.68. The molecule has 2 aromatic rings. The topological polar surface area (TPSA) is 66.5 Å². The van der Waals surface area contributed by atoms with Gasteiger partial charge in [-0.3, -0.25) is 9.10 Å². The van der Waals surface area contributed by atoms with E-state index in [1.807, 2.05) is 36.0 Å². The lowest BCUT2D eigenvalue weighted by Crippen LogP contribution is -2.39. The Balaban J connectivity index is 1.53. The quantitative estimate of drug-likeness (QED) is 0.783. The van der Waals surface area contributed by atoms with E-state index in [1.54, 1.807) is 18.2 Å². The van der Waals surface area contributed by atoms with Crippen LogP contribution in [0.2, 0.25) is 0 Å². The zero-order valence-electron chi connectivity index (χ0n) is 16.5. The molecule has 2 aromatic carbocycles. The summed E-state index contributed by atoms with van der Waals surface area (Å²) in [4.78, 5) is 12.9. The van der Waals surface area contributed by atoms with Gasteiger partial charge >= 0.3 is 0 Å². The number of thioether (sulfide) groups is 1. The van der Waals surface area contributed by atoms with Gasteiger partial charge in [-0.1, -0.05) is 30.7 Å². The SMILES string of the molecule is CSC1CCCC(NC(=O)c2cccc(S(=O)(=O)N3CCc4ccccc43)c2)C1. The fourth-order valence-corrected chi connectivity index (χ4v) is 6.62. The molecule has 2 unspecified atom stereocenters. The van der Waals surface area contributed by atoms with Gasteiger partial charge in [0.25, 0.3) is 15.9 Å². The van der Waals surface area contributed by atoms with Crippen LogP contribution in [-0.2, 0) is 16.4 Å². The number of hydrogen-bond acceptors (Lipinski definition) is 4. The van der Waals surface area contributed by atoms with Gasteiger partial charge in [0.1, 0.15) is 0 Å². The van der Waals surface area contributed by atoms with E-state index < -0.39 is 10.0 Å². The minimum Gasteiger partial charge on any atom is -0.349 e. The maximum Gasteiger partial charge on any atom is 0.264 e. The molecular formula is C22H26N2O3S2. The highest BCUT2D eigenvalue weighted by Crippen LogP contribution is 2.33. The standard InChI is InChI=1S/C22H26N2O3S2/c1-28-19-9-5-8-18(15-19)23-22(25)17-7-4-10-20(14-17)29(26,27)24-13-12-16-6-2-3-11-21(16)24/h2-4,6-7,10-11,14,18-19H,5,8-9,12-13,15H2,1H3,(H,23,25). The van der Waals surface area contributed by atoms with Gasteiger partial charge in [0.15, 0.2) is 0 Å². The van der Waals surface area contributed by atoms with Crippen LogP contribution in [0.3, 0.4) is 0 Å². The molecule has 7 heteroatoms. The van der Waals surface area contributed by atoms with Crippen LogP contribution in [-0.4, -0.2) is 38.4 Å². The molecule has 0 radical (unpaired) electrons. The average Bonchev–Trinajstić information content (AvgIpc) is 3.19. The lowest BCUT2D eigenvalue weighted by atomic mass is 9.94. The molecule has 4 rings (SSSR count). The summed E-state index contributed by atoms with van der Waals surface area (Å²) in [6.45, 7) is 0.427. The molecule has 2 atom stereocenters. The van der Waals surface area contributed by atoms with Crippen LogP contribution >= 0.6 is 11.8 Å². The van der Waals surface area contributed by atoms with Crippen LogP contribution in [0.25, 0.3) is 0 Å². The Morgan fingerprint density at radius 1 is 1.14 bits per heavy atom. The molecule has 1 aliphatic carbocycles. The molecule has 1 heterocycles. The molecule has 1 N–H and O–H groups in total. The van der Waals surface area contributed by atoms with Crippen LogP contribution in [0.4, 0.5) is 5.69 Å². The number of hydrogen-bond donors (Lipinski definition) is 1. The molecule has 0 spiro atoms. The predicted octanol–water partition coefficient (Wildman–Crippen LogP) is 3.84. The van der Waals surface area contributed by atoms with Gasteiger partial charge in [-0.25, -0.2) is 8.42 Å². The zero-order chi connectivity index (χ0) is 20.4. The first-order valence-electron chi connectivity index (χ1n) is 10.0. The first-order chi connectivity index (χ1) is 14.0. The van der Waals surface area contributed by atoms with Crippen molar-refractivity contribution in [2.45, 2.75) is 48.3 Å². The normalized spacial score (nSPS) is 21.6. The monoisotopic (exact) mass is 430 g/mol. The van der Waals surface area contributed by atoms with Gasteiger partial charge in [-0.15, -0.1) is 0 Å². The molecule has 154 valence electrons. The minimum atomic E-state index is -3.70. The molecule has 1 aliphatic heterocycles. The number of benzene rings is 2. The molecule has 29 heavy (non-hydrogen) atoms. The number of anilines is 1. The zero-order valence-corrected chi connectivity index (χ0v) is 18.1. The van der Waals surface area contributed by atoms with Crippen molar-refractivity contribution in [1.29, 1.82) is 0 Å². The first-order valence-corrected chi connectivity index (χ1v) is 12.8. The molecule has 1 fully saturated rings. The molecular weight excluding hydrogens is 404 g/mol. The number of carbonyl (C=O) groups excluding carboxylic acids is 1. The smallest absolute Gasteiger partial charge is 0.264 e. The fraction of sp³-hybridized carbons (Fsp3) is 0.409. The molecule has 5 nitrogen and oxygen atoms in total. The van der Waals surface area contributed by atoms with Crippen molar-refractivity contribution in [1.82, 2.24) is 5.32 Å². The maximum absolute atomic E-state index is 13.2. The summed E-state index contributed by atoms with van der Waals surface area (Å²) in [6, 6.07) is 14.1. The first kappa shape index (κ1) is 20.3. The number of nitrogens with zero attached hydrogens (tertiary/aromatic N) is 1. The summed E-state index contributed by atoms with van der Waals surface area (Å²) in [7, 11) is -3.70. The second kappa shape index (κ2) is 8.40. The van der Waals surface area contributed by atoms with Crippen LogP contribution in [0, 0.1) is 0 Å². The van der Waals surface area contributed by atoms with Gasteiger partial charge in [-0.05, 0) is 61.8 Å². The van der Waals surface area contributed by atoms with Crippen molar-refractivity contribution in [2.75, 3.05) is 17.1 Å². The largest absolute Gasteiger partial charge is 0.349 e. The number of nitrogens with one attached hydrogen (secondary N) is 1. The summed E-state index contributed by atoms with van der Waals surface area (Å²) < 4.78 is 27.9. The lowest BCUT2D eigenvalue weighted by molar-refractivity contribution is 0.0928. The van der Waals surface area contributed by atoms with E-state index in [9.17, 15) is 13.2 Å². The van der Waals surface area contributed by atoms with Crippen molar-refractivity contribution in [3.8, 4) is 0 Å². The Morgan fingerprint density at radius 2 is 1.97 bits per heavy atom. The van der Waals surface area contributed by atoms with Crippen molar-refractivity contribution in [3.05, 3.63) is 59.7 Å². The van der Waals surface area contributed by atoms with Gasteiger partial charge in [-0.2, -0.15) is 11.8 Å². The van der Waals surface area contributed by atoms with E-state index in [-0.39, 0.29) is 16.8 Å². The number of sulfonamides is 1. The van der Waals surface area contributed by atoms with Crippen LogP contribution in [0.5, 0.6) is 0 Å². The van der Waals surface area contributed by atoms with E-state index in [4.69, 9.17) is 0 Å². The Labute approximate surface area is 176 Å². The number of amides is 1. The molecule has 1 amide bonds. The number of fused-ring (bicyclic) bond motifs is 1. The van der Waals surface area contributed by atoms with E-state index in [0.29, 0.717) is 23.8 Å². The van der Waals surface area contributed by atoms with E-state index in [2.05, 4.69) is 11.6 Å². The van der Waals surface area contributed by atoms with E-state index >= 15 is 0 Å². The van der Waals surface area contributed by atoms with Gasteiger partial charge in [0.2, 0.25) is 0 Å². The average molecular weight is 431 g/mol. The third-order valence-corrected chi connectivity index (χ3v) is 8.73. The summed E-state index contributed by atoms with van der Waals surface area (Å²) in [5.74, 6) is -0.198. The molecule has 1 saturated carbocycles. The fourth-order valence-electron chi connectivity index (χ4n) is 4.24. The highest BCUT2D eigenvalue weighted by Gasteiger charge is 2.31. The van der Waals surface area contributed by atoms with Crippen molar-refractivity contribution < 1.29 is 13.2 Å². The highest BCUT2D eigenvalue weighted by atomic mass is 32.2. The second-order valence-corrected chi connectivity index (χ2v) is 10.7. The Morgan fingerprint density at radius 3 is 2.79 bits per heavy atom. The van der Waals surface area contributed by atoms with Gasteiger partial charge < -0.3 is 5.32 Å². The van der Waals surface area contributed by atoms with Crippen molar-refractivity contribution >= 4 is 33.4 Å². The highest BCUT2D eigenvalue weighted by molar-refractivity contribution is 7.99. The third-order valence-electron chi connectivity index (χ3n) is 5.82. The Kier molecular flexibility index (Phi) is 5.88. The summed E-state index contributed by atoms with van der Waals surface area (Å²) >= 11 is 1.85. The number of carbonyl (C=O) groups is 1. The number of rotatable bonds is 5. The molecule has 2 aliphatic rings.